The third-order valence-corrected chi connectivity index (χ3v) is 9.60. The first kappa shape index (κ1) is 28.4. The molecule has 11 heteroatoms. The van der Waals surface area contributed by atoms with E-state index in [1.807, 2.05) is 28.8 Å². The Hall–Kier alpha value is -3.75. The van der Waals surface area contributed by atoms with E-state index in [0.29, 0.717) is 37.2 Å². The molecule has 42 heavy (non-hydrogen) atoms. The predicted octanol–water partition coefficient (Wildman–Crippen LogP) is 4.62. The lowest BCUT2D eigenvalue weighted by molar-refractivity contribution is -0.131. The van der Waals surface area contributed by atoms with Crippen LogP contribution in [0.2, 0.25) is 0 Å². The molecule has 3 aliphatic rings. The van der Waals surface area contributed by atoms with Gasteiger partial charge in [0.15, 0.2) is 11.5 Å². The number of ether oxygens (including phenoxy) is 1. The van der Waals surface area contributed by atoms with Crippen molar-refractivity contribution in [2.45, 2.75) is 42.7 Å². The Kier molecular flexibility index (Phi) is 8.27. The molecule has 6 rings (SSSR count). The molecular weight excluding hydrogens is 553 g/mol. The molecule has 2 saturated heterocycles. The zero-order valence-corrected chi connectivity index (χ0v) is 24.6. The molecular formula is C31H34FN7O2S. The molecule has 3 aliphatic heterocycles. The molecule has 0 bridgehead atoms. The van der Waals surface area contributed by atoms with Crippen LogP contribution in [0.5, 0.6) is 6.01 Å². The van der Waals surface area contributed by atoms with Crippen LogP contribution >= 0.6 is 11.8 Å². The summed E-state index contributed by atoms with van der Waals surface area (Å²) in [4.78, 5) is 37.7. The van der Waals surface area contributed by atoms with Crippen LogP contribution in [0.4, 0.5) is 10.2 Å². The van der Waals surface area contributed by atoms with E-state index in [0.717, 1.165) is 54.6 Å². The summed E-state index contributed by atoms with van der Waals surface area (Å²) in [5.41, 5.74) is 3.84. The van der Waals surface area contributed by atoms with Gasteiger partial charge < -0.3 is 24.3 Å². The van der Waals surface area contributed by atoms with Crippen LogP contribution in [-0.4, -0.2) is 94.9 Å². The van der Waals surface area contributed by atoms with Crippen molar-refractivity contribution in [3.05, 3.63) is 59.7 Å². The Bertz CT molecular complexity index is 1560. The predicted molar refractivity (Wildman–Crippen MR) is 162 cm³/mol. The number of hydrogen-bond acceptors (Lipinski definition) is 8. The van der Waals surface area contributed by atoms with E-state index in [1.165, 1.54) is 15.4 Å². The standard InChI is InChI=1S/C31H34FN7O2S/c1-20(32)30(40)39-15-14-38(18-22(39)17-33-2)29-25-11-12-26(23-8-4-10-27-24(23)9-6-16-42-27)34-28(25)35-31(36-29)41-19-21-7-5-13-37(21)3/h4,8,10-12,21-22H,1,5-7,9,13-19H2,3H3/t21-,22-/m0/s1. The van der Waals surface area contributed by atoms with Crippen LogP contribution in [0, 0.1) is 6.57 Å². The first-order valence-corrected chi connectivity index (χ1v) is 15.4. The topological polar surface area (TPSA) is 79.1 Å². The van der Waals surface area contributed by atoms with Crippen LogP contribution in [0.1, 0.15) is 24.8 Å². The zero-order chi connectivity index (χ0) is 29.2. The largest absolute Gasteiger partial charge is 0.462 e. The smallest absolute Gasteiger partial charge is 0.320 e. The molecule has 9 nitrogen and oxygen atoms in total. The van der Waals surface area contributed by atoms with Gasteiger partial charge >= 0.3 is 6.01 Å². The van der Waals surface area contributed by atoms with Gasteiger partial charge in [-0.25, -0.2) is 15.9 Å². The highest BCUT2D eigenvalue weighted by atomic mass is 32.2. The molecule has 0 N–H and O–H groups in total. The SMILES string of the molecule is [C-]#[N+]C[C@H]1CN(c2nc(OC[C@@H]3CCCN3C)nc3nc(-c4cccc5c4CCCS5)ccc23)CCN1C(=O)C(=C)F. The number of thioether (sulfide) groups is 1. The normalized spacial score (nSPS) is 20.8. The summed E-state index contributed by atoms with van der Waals surface area (Å²) < 4.78 is 20.0. The van der Waals surface area contributed by atoms with Crippen molar-refractivity contribution in [3.8, 4) is 17.3 Å². The summed E-state index contributed by atoms with van der Waals surface area (Å²) in [6, 6.07) is 10.5. The van der Waals surface area contributed by atoms with E-state index in [4.69, 9.17) is 26.3 Å². The number of carbonyl (C=O) groups excluding carboxylic acids is 1. The van der Waals surface area contributed by atoms with Crippen molar-refractivity contribution in [3.63, 3.8) is 0 Å². The van der Waals surface area contributed by atoms with Gasteiger partial charge in [-0.2, -0.15) is 9.97 Å². The maximum absolute atomic E-state index is 13.8. The lowest BCUT2D eigenvalue weighted by Gasteiger charge is -2.39. The number of aromatic nitrogens is 3. The van der Waals surface area contributed by atoms with Crippen LogP contribution in [0.3, 0.4) is 0 Å². The molecule has 2 atom stereocenters. The second-order valence-electron chi connectivity index (χ2n) is 11.1. The van der Waals surface area contributed by atoms with Gasteiger partial charge in [0.25, 0.3) is 5.91 Å². The second-order valence-corrected chi connectivity index (χ2v) is 12.2. The van der Waals surface area contributed by atoms with E-state index in [9.17, 15) is 9.18 Å². The number of benzene rings is 1. The van der Waals surface area contributed by atoms with E-state index >= 15 is 0 Å². The van der Waals surface area contributed by atoms with Crippen molar-refractivity contribution >= 4 is 34.5 Å². The maximum atomic E-state index is 13.8. The molecule has 0 aliphatic carbocycles. The maximum Gasteiger partial charge on any atom is 0.320 e. The Balaban J connectivity index is 1.38. The number of rotatable bonds is 7. The average molecular weight is 588 g/mol. The molecule has 0 spiro atoms. The van der Waals surface area contributed by atoms with Crippen LogP contribution in [0.15, 0.2) is 47.6 Å². The zero-order valence-electron chi connectivity index (χ0n) is 23.8. The number of hydrogen-bond donors (Lipinski definition) is 0. The molecule has 2 aromatic heterocycles. The van der Waals surface area contributed by atoms with Crippen molar-refractivity contribution in [1.29, 1.82) is 0 Å². The highest BCUT2D eigenvalue weighted by molar-refractivity contribution is 7.99. The van der Waals surface area contributed by atoms with Gasteiger partial charge in [0, 0.05) is 36.1 Å². The van der Waals surface area contributed by atoms with Crippen molar-refractivity contribution < 1.29 is 13.9 Å². The average Bonchev–Trinajstić information content (AvgIpc) is 3.43. The number of pyridine rings is 1. The highest BCUT2D eigenvalue weighted by Gasteiger charge is 2.35. The minimum atomic E-state index is -1.02. The number of carbonyl (C=O) groups is 1. The fourth-order valence-corrected chi connectivity index (χ4v) is 7.22. The van der Waals surface area contributed by atoms with Crippen LogP contribution < -0.4 is 9.64 Å². The lowest BCUT2D eigenvalue weighted by Crippen LogP contribution is -2.56. The molecule has 1 amide bonds. The third-order valence-electron chi connectivity index (χ3n) is 8.41. The molecule has 0 saturated carbocycles. The summed E-state index contributed by atoms with van der Waals surface area (Å²) in [6.07, 6.45) is 4.35. The molecule has 0 unspecified atom stereocenters. The molecule has 5 heterocycles. The summed E-state index contributed by atoms with van der Waals surface area (Å²) >= 11 is 1.89. The Morgan fingerprint density at radius 1 is 1.17 bits per heavy atom. The third kappa shape index (κ3) is 5.65. The van der Waals surface area contributed by atoms with Crippen LogP contribution in [0.25, 0.3) is 27.1 Å². The first-order valence-electron chi connectivity index (χ1n) is 14.4. The number of likely N-dealkylation sites (tertiary alicyclic amines) is 1. The summed E-state index contributed by atoms with van der Waals surface area (Å²) in [5, 5.41) is 0.763. The molecule has 2 fully saturated rings. The van der Waals surface area contributed by atoms with Crippen molar-refractivity contribution in [2.75, 3.05) is 57.0 Å². The van der Waals surface area contributed by atoms with Gasteiger partial charge in [-0.05, 0) is 68.8 Å². The second kappa shape index (κ2) is 12.2. The summed E-state index contributed by atoms with van der Waals surface area (Å²) in [5.74, 6) is -0.0180. The molecule has 3 aromatic rings. The lowest BCUT2D eigenvalue weighted by atomic mass is 9.99. The van der Waals surface area contributed by atoms with Crippen molar-refractivity contribution in [1.82, 2.24) is 24.8 Å². The van der Waals surface area contributed by atoms with Gasteiger partial charge in [0.05, 0.1) is 11.1 Å². The molecule has 218 valence electrons. The number of likely N-dealkylation sites (N-methyl/N-ethyl adjacent to an activating group) is 1. The minimum absolute atomic E-state index is 0.0510. The van der Waals surface area contributed by atoms with E-state index < -0.39 is 17.8 Å². The van der Waals surface area contributed by atoms with Gasteiger partial charge in [0.2, 0.25) is 6.54 Å². The highest BCUT2D eigenvalue weighted by Crippen LogP contribution is 2.37. The fourth-order valence-electron chi connectivity index (χ4n) is 6.15. The van der Waals surface area contributed by atoms with Gasteiger partial charge in [-0.15, -0.1) is 11.8 Å². The van der Waals surface area contributed by atoms with E-state index in [2.05, 4.69) is 41.6 Å². The number of fused-ring (bicyclic) bond motifs is 2. The number of halogens is 1. The van der Waals surface area contributed by atoms with E-state index in [1.54, 1.807) is 0 Å². The van der Waals surface area contributed by atoms with Gasteiger partial charge in [-0.3, -0.25) is 4.79 Å². The molecule has 0 radical (unpaired) electrons. The monoisotopic (exact) mass is 587 g/mol. The Labute approximate surface area is 249 Å². The minimum Gasteiger partial charge on any atom is -0.462 e. The van der Waals surface area contributed by atoms with Gasteiger partial charge in [-0.1, -0.05) is 18.7 Å². The van der Waals surface area contributed by atoms with E-state index in [-0.39, 0.29) is 19.1 Å². The van der Waals surface area contributed by atoms with Gasteiger partial charge in [0.1, 0.15) is 18.5 Å². The Morgan fingerprint density at radius 2 is 2.05 bits per heavy atom. The number of anilines is 1. The fraction of sp³-hybridized carbons (Fsp3) is 0.452. The summed E-state index contributed by atoms with van der Waals surface area (Å²) in [6.45, 7) is 13.2. The quantitative estimate of drug-likeness (QED) is 0.293. The summed E-state index contributed by atoms with van der Waals surface area (Å²) in [7, 11) is 2.10. The van der Waals surface area contributed by atoms with Crippen molar-refractivity contribution in [2.24, 2.45) is 0 Å². The Morgan fingerprint density at radius 3 is 2.83 bits per heavy atom. The number of piperazine rings is 1. The van der Waals surface area contributed by atoms with Crippen LogP contribution in [-0.2, 0) is 11.2 Å². The number of amides is 1. The number of nitrogens with zero attached hydrogens (tertiary/aromatic N) is 7. The first-order chi connectivity index (χ1) is 20.4. The molecule has 1 aromatic carbocycles.